The maximum atomic E-state index is 11.9. The summed E-state index contributed by atoms with van der Waals surface area (Å²) < 4.78 is 0. The van der Waals surface area contributed by atoms with E-state index in [1.54, 1.807) is 11.8 Å². The number of thioether (sulfide) groups is 1. The van der Waals surface area contributed by atoms with E-state index in [-0.39, 0.29) is 23.9 Å². The molecule has 92 valence electrons. The van der Waals surface area contributed by atoms with Crippen molar-refractivity contribution in [1.29, 1.82) is 0 Å². The minimum atomic E-state index is -0.298. The number of rotatable bonds is 6. The van der Waals surface area contributed by atoms with E-state index in [1.165, 1.54) is 4.90 Å². The van der Waals surface area contributed by atoms with Crippen LogP contribution in [0.5, 0.6) is 0 Å². The maximum Gasteiger partial charge on any atom is 0.247 e. The molecule has 0 bridgehead atoms. The van der Waals surface area contributed by atoms with Gasteiger partial charge in [-0.15, -0.1) is 0 Å². The van der Waals surface area contributed by atoms with Crippen molar-refractivity contribution in [3.63, 3.8) is 0 Å². The quantitative estimate of drug-likeness (QED) is 0.556. The van der Waals surface area contributed by atoms with Crippen molar-refractivity contribution in [2.24, 2.45) is 0 Å². The first-order valence-corrected chi connectivity index (χ1v) is 7.09. The Bertz CT molecular complexity index is 271. The summed E-state index contributed by atoms with van der Waals surface area (Å²) in [4.78, 5) is 25.0. The monoisotopic (exact) mass is 244 g/mol. The number of nitrogens with zero attached hydrogens (tertiary/aromatic N) is 1. The molecular formula is C11H20N2O2S. The summed E-state index contributed by atoms with van der Waals surface area (Å²) in [5.41, 5.74) is 0. The number of carbonyl (C=O) groups is 2. The van der Waals surface area contributed by atoms with E-state index in [1.807, 2.05) is 20.1 Å². The van der Waals surface area contributed by atoms with Crippen molar-refractivity contribution < 1.29 is 9.59 Å². The normalized spacial score (nSPS) is 22.9. The summed E-state index contributed by atoms with van der Waals surface area (Å²) in [5, 5.41) is 3.14. The summed E-state index contributed by atoms with van der Waals surface area (Å²) in [6.07, 6.45) is 3.15. The predicted octanol–water partition coefficient (Wildman–Crippen LogP) is 0.865. The molecule has 1 rings (SSSR count). The Morgan fingerprint density at radius 3 is 2.81 bits per heavy atom. The lowest BCUT2D eigenvalue weighted by Crippen LogP contribution is -2.43. The van der Waals surface area contributed by atoms with Crippen LogP contribution in [0.15, 0.2) is 0 Å². The number of imide groups is 1. The molecule has 0 spiro atoms. The first-order valence-electron chi connectivity index (χ1n) is 5.70. The summed E-state index contributed by atoms with van der Waals surface area (Å²) in [6, 6.07) is -0.277. The van der Waals surface area contributed by atoms with Gasteiger partial charge in [0.1, 0.15) is 0 Å². The maximum absolute atomic E-state index is 11.9. The summed E-state index contributed by atoms with van der Waals surface area (Å²) in [6.45, 7) is 4.68. The van der Waals surface area contributed by atoms with E-state index in [2.05, 4.69) is 5.32 Å². The lowest BCUT2D eigenvalue weighted by molar-refractivity contribution is -0.141. The fourth-order valence-electron chi connectivity index (χ4n) is 1.79. The molecule has 5 heteroatoms. The number of carbonyl (C=O) groups excluding carboxylic acids is 2. The molecule has 4 nitrogen and oxygen atoms in total. The Morgan fingerprint density at radius 1 is 1.56 bits per heavy atom. The first kappa shape index (κ1) is 13.5. The van der Waals surface area contributed by atoms with Gasteiger partial charge >= 0.3 is 0 Å². The Labute approximate surface area is 101 Å². The second kappa shape index (κ2) is 6.25. The zero-order valence-electron chi connectivity index (χ0n) is 10.2. The summed E-state index contributed by atoms with van der Waals surface area (Å²) in [5.74, 6) is 0.864. The Morgan fingerprint density at radius 2 is 2.25 bits per heavy atom. The van der Waals surface area contributed by atoms with Crippen LogP contribution in [0, 0.1) is 0 Å². The van der Waals surface area contributed by atoms with Crippen LogP contribution >= 0.6 is 11.8 Å². The molecule has 0 radical (unpaired) electrons. The number of hydrogen-bond donors (Lipinski definition) is 1. The van der Waals surface area contributed by atoms with E-state index < -0.39 is 0 Å². The number of likely N-dealkylation sites (tertiary alicyclic amines) is 1. The van der Waals surface area contributed by atoms with Crippen LogP contribution in [-0.2, 0) is 9.59 Å². The molecule has 1 aliphatic heterocycles. The van der Waals surface area contributed by atoms with Crippen molar-refractivity contribution in [2.75, 3.05) is 18.6 Å². The van der Waals surface area contributed by atoms with E-state index in [4.69, 9.17) is 0 Å². The third-order valence-electron chi connectivity index (χ3n) is 2.91. The lowest BCUT2D eigenvalue weighted by Gasteiger charge is -2.21. The van der Waals surface area contributed by atoms with Gasteiger partial charge in [-0.05, 0) is 19.6 Å². The lowest BCUT2D eigenvalue weighted by atomic mass is 10.2. The fraction of sp³-hybridized carbons (Fsp3) is 0.818. The van der Waals surface area contributed by atoms with Crippen LogP contribution in [0.2, 0.25) is 0 Å². The molecule has 1 N–H and O–H groups in total. The molecule has 0 saturated carbocycles. The summed E-state index contributed by atoms with van der Waals surface area (Å²) in [7, 11) is 0. The van der Waals surface area contributed by atoms with Crippen LogP contribution in [0.4, 0.5) is 0 Å². The first-order chi connectivity index (χ1) is 7.61. The highest BCUT2D eigenvalue weighted by molar-refractivity contribution is 7.98. The molecule has 1 fully saturated rings. The van der Waals surface area contributed by atoms with Crippen molar-refractivity contribution in [3.05, 3.63) is 0 Å². The van der Waals surface area contributed by atoms with E-state index in [0.29, 0.717) is 6.42 Å². The standard InChI is InChI=1S/C11H20N2O2S/c1-4-8(2)13-10(14)7-9(11(13)15)12-5-6-16-3/h8-9,12H,4-7H2,1-3H3. The molecule has 1 aliphatic rings. The Balaban J connectivity index is 2.53. The van der Waals surface area contributed by atoms with E-state index in [0.717, 1.165) is 18.7 Å². The zero-order chi connectivity index (χ0) is 12.1. The number of hydrogen-bond acceptors (Lipinski definition) is 4. The second-order valence-electron chi connectivity index (χ2n) is 4.06. The minimum absolute atomic E-state index is 0.0207. The fourth-order valence-corrected chi connectivity index (χ4v) is 2.11. The highest BCUT2D eigenvalue weighted by atomic mass is 32.2. The molecule has 0 aliphatic carbocycles. The highest BCUT2D eigenvalue weighted by Crippen LogP contribution is 2.17. The van der Waals surface area contributed by atoms with Gasteiger partial charge in [0, 0.05) is 18.3 Å². The third-order valence-corrected chi connectivity index (χ3v) is 3.52. The smallest absolute Gasteiger partial charge is 0.247 e. The molecule has 16 heavy (non-hydrogen) atoms. The second-order valence-corrected chi connectivity index (χ2v) is 5.05. The number of nitrogens with one attached hydrogen (secondary N) is 1. The Kier molecular flexibility index (Phi) is 5.28. The van der Waals surface area contributed by atoms with Gasteiger partial charge in [-0.3, -0.25) is 14.5 Å². The molecular weight excluding hydrogens is 224 g/mol. The van der Waals surface area contributed by atoms with Gasteiger partial charge in [0.2, 0.25) is 11.8 Å². The molecule has 2 atom stereocenters. The largest absolute Gasteiger partial charge is 0.305 e. The molecule has 0 aromatic carbocycles. The predicted molar refractivity (Wildman–Crippen MR) is 66.4 cm³/mol. The molecule has 0 aromatic heterocycles. The van der Waals surface area contributed by atoms with Gasteiger partial charge < -0.3 is 5.32 Å². The average Bonchev–Trinajstić information content (AvgIpc) is 2.54. The Hall–Kier alpha value is -0.550. The molecule has 0 aromatic rings. The van der Waals surface area contributed by atoms with Gasteiger partial charge in [-0.1, -0.05) is 6.92 Å². The molecule has 2 unspecified atom stereocenters. The van der Waals surface area contributed by atoms with Gasteiger partial charge in [0.05, 0.1) is 12.5 Å². The average molecular weight is 244 g/mol. The van der Waals surface area contributed by atoms with Crippen molar-refractivity contribution in [1.82, 2.24) is 10.2 Å². The van der Waals surface area contributed by atoms with Crippen LogP contribution < -0.4 is 5.32 Å². The van der Waals surface area contributed by atoms with Crippen LogP contribution in [0.3, 0.4) is 0 Å². The highest BCUT2D eigenvalue weighted by Gasteiger charge is 2.39. The minimum Gasteiger partial charge on any atom is -0.305 e. The van der Waals surface area contributed by atoms with E-state index >= 15 is 0 Å². The van der Waals surface area contributed by atoms with Gasteiger partial charge in [0.25, 0.3) is 0 Å². The van der Waals surface area contributed by atoms with Crippen LogP contribution in [0.1, 0.15) is 26.7 Å². The number of amides is 2. The van der Waals surface area contributed by atoms with Gasteiger partial charge in [-0.25, -0.2) is 0 Å². The van der Waals surface area contributed by atoms with Crippen molar-refractivity contribution in [2.45, 2.75) is 38.8 Å². The van der Waals surface area contributed by atoms with Crippen LogP contribution in [0.25, 0.3) is 0 Å². The van der Waals surface area contributed by atoms with Gasteiger partial charge in [-0.2, -0.15) is 11.8 Å². The third kappa shape index (κ3) is 2.98. The van der Waals surface area contributed by atoms with Crippen molar-refractivity contribution >= 4 is 23.6 Å². The zero-order valence-corrected chi connectivity index (χ0v) is 11.0. The molecule has 1 saturated heterocycles. The molecule has 2 amide bonds. The van der Waals surface area contributed by atoms with Crippen LogP contribution in [-0.4, -0.2) is 47.4 Å². The topological polar surface area (TPSA) is 49.4 Å². The van der Waals surface area contributed by atoms with Crippen molar-refractivity contribution in [3.8, 4) is 0 Å². The van der Waals surface area contributed by atoms with E-state index in [9.17, 15) is 9.59 Å². The van der Waals surface area contributed by atoms with Gasteiger partial charge in [0.15, 0.2) is 0 Å². The summed E-state index contributed by atoms with van der Waals surface area (Å²) >= 11 is 1.73. The SMILES string of the molecule is CCC(C)N1C(=O)CC(NCCSC)C1=O. The molecule has 1 heterocycles.